The summed E-state index contributed by atoms with van der Waals surface area (Å²) in [5, 5.41) is 12.3. The van der Waals surface area contributed by atoms with Crippen molar-refractivity contribution in [2.45, 2.75) is 19.5 Å². The minimum atomic E-state index is 0.278. The topological polar surface area (TPSA) is 55.9 Å². The van der Waals surface area contributed by atoms with E-state index in [0.717, 1.165) is 41.2 Å². The Morgan fingerprint density at radius 2 is 2.09 bits per heavy atom. The summed E-state index contributed by atoms with van der Waals surface area (Å²) in [4.78, 5) is 9.91. The van der Waals surface area contributed by atoms with Gasteiger partial charge in [0.05, 0.1) is 16.7 Å². The molecule has 0 aliphatic rings. The summed E-state index contributed by atoms with van der Waals surface area (Å²) in [6.07, 6.45) is 6.51. The Morgan fingerprint density at radius 3 is 2.87 bits per heavy atom. The molecule has 1 aromatic carbocycles. The van der Waals surface area contributed by atoms with Crippen LogP contribution >= 0.6 is 11.3 Å². The number of thiophene rings is 1. The van der Waals surface area contributed by atoms with Crippen LogP contribution in [0.25, 0.3) is 21.7 Å². The molecule has 5 nitrogen and oxygen atoms in total. The van der Waals surface area contributed by atoms with Crippen molar-refractivity contribution in [2.24, 2.45) is 0 Å². The molecule has 4 rings (SSSR count). The Labute approximate surface area is 137 Å². The maximum atomic E-state index is 10.3. The molecular weight excluding hydrogens is 308 g/mol. The molecule has 0 bridgehead atoms. The highest BCUT2D eigenvalue weighted by atomic mass is 32.1. The lowest BCUT2D eigenvalue weighted by atomic mass is 10.3. The number of phenols is 1. The highest BCUT2D eigenvalue weighted by molar-refractivity contribution is 7.13. The molecule has 0 aliphatic heterocycles. The van der Waals surface area contributed by atoms with Crippen molar-refractivity contribution in [3.8, 4) is 16.5 Å². The van der Waals surface area contributed by atoms with Gasteiger partial charge in [-0.2, -0.15) is 0 Å². The monoisotopic (exact) mass is 324 g/mol. The molecule has 0 saturated carbocycles. The Hall–Kier alpha value is -2.60. The highest BCUT2D eigenvalue weighted by Gasteiger charge is 2.15. The van der Waals surface area contributed by atoms with Crippen LogP contribution in [-0.4, -0.2) is 24.2 Å². The number of aryl methyl sites for hydroxylation is 2. The van der Waals surface area contributed by atoms with Crippen LogP contribution in [0.4, 0.5) is 0 Å². The van der Waals surface area contributed by atoms with E-state index >= 15 is 0 Å². The normalized spacial score (nSPS) is 11.3. The second-order valence-electron chi connectivity index (χ2n) is 5.36. The summed E-state index contributed by atoms with van der Waals surface area (Å²) in [5.74, 6) is 1.20. The van der Waals surface area contributed by atoms with Gasteiger partial charge in [-0.1, -0.05) is 12.1 Å². The second-order valence-corrected chi connectivity index (χ2v) is 6.31. The zero-order valence-corrected chi connectivity index (χ0v) is 13.3. The summed E-state index contributed by atoms with van der Waals surface area (Å²) in [6.45, 7) is 1.68. The molecule has 3 aromatic heterocycles. The van der Waals surface area contributed by atoms with Crippen LogP contribution in [-0.2, 0) is 13.1 Å². The van der Waals surface area contributed by atoms with Crippen molar-refractivity contribution in [1.29, 1.82) is 0 Å². The molecule has 1 N–H and O–H groups in total. The molecule has 0 fully saturated rings. The second kappa shape index (κ2) is 5.89. The fraction of sp³-hybridized carbons (Fsp3) is 0.176. The number of nitrogens with zero attached hydrogens (tertiary/aromatic N) is 4. The number of benzene rings is 1. The molecule has 0 amide bonds. The molecule has 4 aromatic rings. The molecule has 3 heterocycles. The smallest absolute Gasteiger partial charge is 0.151 e. The lowest BCUT2D eigenvalue weighted by molar-refractivity contribution is 0.476. The summed E-state index contributed by atoms with van der Waals surface area (Å²) >= 11 is 1.66. The number of imidazole rings is 2. The minimum Gasteiger partial charge on any atom is -0.506 e. The predicted octanol–water partition coefficient (Wildman–Crippen LogP) is 3.76. The van der Waals surface area contributed by atoms with Crippen LogP contribution in [0, 0.1) is 0 Å². The summed E-state index contributed by atoms with van der Waals surface area (Å²) in [5.41, 5.74) is 1.64. The van der Waals surface area contributed by atoms with Gasteiger partial charge in [0, 0.05) is 25.5 Å². The van der Waals surface area contributed by atoms with Crippen molar-refractivity contribution < 1.29 is 5.11 Å². The summed E-state index contributed by atoms with van der Waals surface area (Å²) < 4.78 is 4.18. The number of aromatic hydroxyl groups is 1. The van der Waals surface area contributed by atoms with E-state index < -0.39 is 0 Å². The lowest BCUT2D eigenvalue weighted by Crippen LogP contribution is -2.04. The molecule has 0 radical (unpaired) electrons. The van der Waals surface area contributed by atoms with Crippen molar-refractivity contribution in [2.75, 3.05) is 0 Å². The SMILES string of the molecule is Oc1cccc2nc(-c3cccs3)n(CCCn3ccnc3)c12. The van der Waals surface area contributed by atoms with Gasteiger partial charge in [0.1, 0.15) is 11.3 Å². The Balaban J connectivity index is 1.71. The number of hydrogen-bond donors (Lipinski definition) is 1. The molecular formula is C17H16N4OS. The van der Waals surface area contributed by atoms with Gasteiger partial charge in [0.15, 0.2) is 5.82 Å². The number of phenolic OH excluding ortho intramolecular Hbond substituents is 1. The number of hydrogen-bond acceptors (Lipinski definition) is 4. The fourth-order valence-electron chi connectivity index (χ4n) is 2.81. The Morgan fingerprint density at radius 1 is 1.13 bits per heavy atom. The van der Waals surface area contributed by atoms with E-state index in [0.29, 0.717) is 0 Å². The predicted molar refractivity (Wildman–Crippen MR) is 91.6 cm³/mol. The van der Waals surface area contributed by atoms with Gasteiger partial charge in [-0.3, -0.25) is 0 Å². The zero-order valence-electron chi connectivity index (χ0n) is 12.5. The maximum absolute atomic E-state index is 10.3. The number of aromatic nitrogens is 4. The van der Waals surface area contributed by atoms with Gasteiger partial charge >= 0.3 is 0 Å². The quantitative estimate of drug-likeness (QED) is 0.608. The van der Waals surface area contributed by atoms with E-state index in [2.05, 4.69) is 20.2 Å². The van der Waals surface area contributed by atoms with E-state index in [9.17, 15) is 5.11 Å². The molecule has 0 unspecified atom stereocenters. The maximum Gasteiger partial charge on any atom is 0.151 e. The van der Waals surface area contributed by atoms with E-state index in [1.807, 2.05) is 36.1 Å². The van der Waals surface area contributed by atoms with E-state index in [4.69, 9.17) is 4.98 Å². The average Bonchev–Trinajstić information content (AvgIpc) is 3.28. The molecule has 6 heteroatoms. The van der Waals surface area contributed by atoms with Gasteiger partial charge in [0.2, 0.25) is 0 Å². The fourth-order valence-corrected chi connectivity index (χ4v) is 3.53. The van der Waals surface area contributed by atoms with Crippen molar-refractivity contribution in [3.63, 3.8) is 0 Å². The third kappa shape index (κ3) is 2.61. The Kier molecular flexibility index (Phi) is 3.59. The van der Waals surface area contributed by atoms with Gasteiger partial charge in [-0.25, -0.2) is 9.97 Å². The van der Waals surface area contributed by atoms with Crippen LogP contribution in [0.15, 0.2) is 54.4 Å². The first-order chi connectivity index (χ1) is 11.3. The average molecular weight is 324 g/mol. The number of fused-ring (bicyclic) bond motifs is 1. The molecule has 0 saturated heterocycles. The standard InChI is InChI=1S/C17H16N4OS/c22-14-5-1-4-13-16(14)21(9-3-8-20-10-7-18-12-20)17(19-13)15-6-2-11-23-15/h1-2,4-7,10-12,22H,3,8-9H2. The Bertz CT molecular complexity index is 910. The molecule has 0 atom stereocenters. The van der Waals surface area contributed by atoms with Crippen LogP contribution in [0.2, 0.25) is 0 Å². The summed E-state index contributed by atoms with van der Waals surface area (Å²) in [7, 11) is 0. The van der Waals surface area contributed by atoms with Gasteiger partial charge in [-0.05, 0) is 30.0 Å². The molecule has 23 heavy (non-hydrogen) atoms. The van der Waals surface area contributed by atoms with Crippen LogP contribution in [0.5, 0.6) is 5.75 Å². The first-order valence-electron chi connectivity index (χ1n) is 7.51. The third-order valence-electron chi connectivity index (χ3n) is 3.84. The highest BCUT2D eigenvalue weighted by Crippen LogP contribution is 2.32. The first-order valence-corrected chi connectivity index (χ1v) is 8.39. The van der Waals surface area contributed by atoms with E-state index in [1.165, 1.54) is 0 Å². The van der Waals surface area contributed by atoms with Crippen molar-refractivity contribution in [1.82, 2.24) is 19.1 Å². The van der Waals surface area contributed by atoms with Crippen LogP contribution < -0.4 is 0 Å². The molecule has 0 aliphatic carbocycles. The lowest BCUT2D eigenvalue weighted by Gasteiger charge is -2.09. The first kappa shape index (κ1) is 14.0. The van der Waals surface area contributed by atoms with Crippen molar-refractivity contribution >= 4 is 22.4 Å². The van der Waals surface area contributed by atoms with Gasteiger partial charge in [0.25, 0.3) is 0 Å². The van der Waals surface area contributed by atoms with Crippen LogP contribution in [0.1, 0.15) is 6.42 Å². The van der Waals surface area contributed by atoms with Crippen molar-refractivity contribution in [3.05, 3.63) is 54.4 Å². The number of para-hydroxylation sites is 1. The van der Waals surface area contributed by atoms with Gasteiger partial charge < -0.3 is 14.2 Å². The van der Waals surface area contributed by atoms with E-state index in [1.54, 1.807) is 23.6 Å². The zero-order chi connectivity index (χ0) is 15.6. The minimum absolute atomic E-state index is 0.278. The summed E-state index contributed by atoms with van der Waals surface area (Å²) in [6, 6.07) is 9.58. The van der Waals surface area contributed by atoms with Crippen LogP contribution in [0.3, 0.4) is 0 Å². The molecule has 116 valence electrons. The largest absolute Gasteiger partial charge is 0.506 e. The van der Waals surface area contributed by atoms with Gasteiger partial charge in [-0.15, -0.1) is 11.3 Å². The molecule has 0 spiro atoms. The van der Waals surface area contributed by atoms with E-state index in [-0.39, 0.29) is 5.75 Å². The third-order valence-corrected chi connectivity index (χ3v) is 4.71. The number of rotatable bonds is 5.